The van der Waals surface area contributed by atoms with Gasteiger partial charge in [0.05, 0.1) is 11.2 Å². The summed E-state index contributed by atoms with van der Waals surface area (Å²) >= 11 is 13.3. The van der Waals surface area contributed by atoms with Crippen LogP contribution >= 0.6 is 48.0 Å². The Morgan fingerprint density at radius 3 is 2.40 bits per heavy atom. The van der Waals surface area contributed by atoms with Gasteiger partial charge in [-0.3, -0.25) is 9.59 Å². The third-order valence-electron chi connectivity index (χ3n) is 9.21. The molecule has 3 heterocycles. The first-order chi connectivity index (χ1) is 24.0. The van der Waals surface area contributed by atoms with E-state index < -0.39 is 16.1 Å². The zero-order valence-electron chi connectivity index (χ0n) is 28.6. The first-order valence-corrected chi connectivity index (χ1v) is 18.6. The smallest absolute Gasteiger partial charge is 0.253 e. The second-order valence-corrected chi connectivity index (χ2v) is 15.1. The first kappa shape index (κ1) is 41.1. The van der Waals surface area contributed by atoms with Crippen LogP contribution in [0.3, 0.4) is 0 Å². The van der Waals surface area contributed by atoms with Crippen molar-refractivity contribution in [1.29, 1.82) is 0 Å². The lowest BCUT2D eigenvalue weighted by atomic mass is 10.1. The van der Waals surface area contributed by atoms with Gasteiger partial charge >= 0.3 is 0 Å². The van der Waals surface area contributed by atoms with Crippen LogP contribution in [0.15, 0.2) is 70.7 Å². The van der Waals surface area contributed by atoms with Gasteiger partial charge in [0.2, 0.25) is 15.9 Å². The lowest BCUT2D eigenvalue weighted by Crippen LogP contribution is -2.48. The number of rotatable bonds is 8. The second-order valence-electron chi connectivity index (χ2n) is 12.5. The van der Waals surface area contributed by atoms with Gasteiger partial charge in [0.1, 0.15) is 28.8 Å². The van der Waals surface area contributed by atoms with Gasteiger partial charge in [0, 0.05) is 60.0 Å². The third-order valence-corrected chi connectivity index (χ3v) is 12.1. The molecule has 2 aliphatic rings. The number of benzene rings is 3. The number of hydrogen-bond acceptors (Lipinski definition) is 8. The van der Waals surface area contributed by atoms with E-state index in [0.717, 1.165) is 22.2 Å². The van der Waals surface area contributed by atoms with E-state index in [-0.39, 0.29) is 71.3 Å². The number of fused-ring (bicyclic) bond motifs is 1. The molecule has 2 saturated heterocycles. The van der Waals surface area contributed by atoms with Gasteiger partial charge in [-0.1, -0.05) is 47.5 Å². The summed E-state index contributed by atoms with van der Waals surface area (Å²) in [5.41, 5.74) is 4.21. The number of sulfonamides is 1. The van der Waals surface area contributed by atoms with E-state index in [1.807, 2.05) is 32.0 Å². The van der Waals surface area contributed by atoms with Crippen molar-refractivity contribution in [3.8, 4) is 5.75 Å². The number of hydrogen-bond donors (Lipinski definition) is 1. The molecule has 0 saturated carbocycles. The number of hydrazone groups is 1. The Bertz CT molecular complexity index is 2080. The molecule has 1 atom stereocenters. The summed E-state index contributed by atoms with van der Waals surface area (Å²) in [4.78, 5) is 35.0. The Kier molecular flexibility index (Phi) is 13.8. The molecule has 0 aliphatic carbocycles. The number of amides is 2. The number of para-hydroxylation sites is 1. The van der Waals surface area contributed by atoms with Gasteiger partial charge in [-0.15, -0.1) is 24.8 Å². The molecule has 0 unspecified atom stereocenters. The van der Waals surface area contributed by atoms with Gasteiger partial charge < -0.3 is 20.4 Å². The van der Waals surface area contributed by atoms with Crippen LogP contribution in [-0.2, 0) is 21.4 Å². The Hall–Kier alpha value is -3.65. The fourth-order valence-corrected chi connectivity index (χ4v) is 9.18. The zero-order chi connectivity index (χ0) is 35.6. The fourth-order valence-electron chi connectivity index (χ4n) is 6.66. The Morgan fingerprint density at radius 2 is 1.67 bits per heavy atom. The van der Waals surface area contributed by atoms with Crippen molar-refractivity contribution >= 4 is 87.0 Å². The highest BCUT2D eigenvalue weighted by Crippen LogP contribution is 2.37. The van der Waals surface area contributed by atoms with Crippen molar-refractivity contribution in [3.05, 3.63) is 98.7 Å². The summed E-state index contributed by atoms with van der Waals surface area (Å²) in [7, 11) is -4.20. The zero-order valence-corrected chi connectivity index (χ0v) is 32.6. The third kappa shape index (κ3) is 8.43. The van der Waals surface area contributed by atoms with Crippen LogP contribution in [0, 0.1) is 13.8 Å². The van der Waals surface area contributed by atoms with Crippen LogP contribution in [-0.4, -0.2) is 84.3 Å². The normalized spacial score (nSPS) is 16.7. The molecule has 2 amide bonds. The minimum Gasteiger partial charge on any atom is -0.487 e. The summed E-state index contributed by atoms with van der Waals surface area (Å²) in [5.74, 6) is 5.31. The molecular weight excluding hydrogens is 770 g/mol. The van der Waals surface area contributed by atoms with Crippen LogP contribution in [0.4, 0.5) is 0 Å². The number of aromatic nitrogens is 1. The maximum absolute atomic E-state index is 14.2. The second kappa shape index (κ2) is 17.5. The van der Waals surface area contributed by atoms with Crippen LogP contribution in [0.2, 0.25) is 10.0 Å². The van der Waals surface area contributed by atoms with E-state index in [2.05, 4.69) is 10.1 Å². The standard InChI is InChI=1S/C36H38Cl2N6O5S.2ClH/c1-23-20-24(2)41-34-27(23)6-3-8-31(34)49-22-28-29(37)13-14-32(33(28)38)50(47,48)44-17-4-7-30(44)36(46)43-16-5-15-42(18-19-43)35(45)26-11-9-25(10-12-26)21-40-39;;/h3,6,8-14,20-21,30H,4-5,7,15-19,22,39H2,1-2H3;2*1H/t30-;;/m0../s1. The van der Waals surface area contributed by atoms with E-state index in [0.29, 0.717) is 61.3 Å². The van der Waals surface area contributed by atoms with Crippen molar-refractivity contribution in [1.82, 2.24) is 19.1 Å². The molecule has 2 N–H and O–H groups in total. The SMILES string of the molecule is Cc1cc(C)c2cccc(OCc3c(Cl)ccc(S(=O)(=O)N4CCC[C@H]4C(=O)N4CCCN(C(=O)c5ccc(C=NN)cc5)CC4)c3Cl)c2n1.Cl.Cl. The van der Waals surface area contributed by atoms with E-state index in [4.69, 9.17) is 33.8 Å². The molecule has 16 heteroatoms. The molecule has 0 bridgehead atoms. The fraction of sp³-hybridized carbons (Fsp3) is 0.333. The molecule has 11 nitrogen and oxygen atoms in total. The monoisotopic (exact) mass is 808 g/mol. The molecule has 3 aromatic carbocycles. The Morgan fingerprint density at radius 1 is 0.962 bits per heavy atom. The van der Waals surface area contributed by atoms with E-state index >= 15 is 0 Å². The average molecular weight is 811 g/mol. The number of carbonyl (C=O) groups excluding carboxylic acids is 2. The number of carbonyl (C=O) groups is 2. The molecule has 0 spiro atoms. The quantitative estimate of drug-likeness (QED) is 0.124. The molecule has 278 valence electrons. The van der Waals surface area contributed by atoms with Crippen LogP contribution in [0.5, 0.6) is 5.75 Å². The lowest BCUT2D eigenvalue weighted by Gasteiger charge is -2.29. The molecular formula is C36H40Cl4N6O5S. The largest absolute Gasteiger partial charge is 0.487 e. The highest BCUT2D eigenvalue weighted by atomic mass is 35.5. The van der Waals surface area contributed by atoms with Gasteiger partial charge in [0.15, 0.2) is 0 Å². The average Bonchev–Trinajstić information content (AvgIpc) is 3.47. The van der Waals surface area contributed by atoms with Crippen molar-refractivity contribution in [2.24, 2.45) is 10.9 Å². The van der Waals surface area contributed by atoms with E-state index in [1.165, 1.54) is 22.7 Å². The van der Waals surface area contributed by atoms with Crippen LogP contribution < -0.4 is 10.6 Å². The van der Waals surface area contributed by atoms with Crippen molar-refractivity contribution in [2.45, 2.75) is 50.7 Å². The predicted octanol–water partition coefficient (Wildman–Crippen LogP) is 6.40. The number of ether oxygens (including phenoxy) is 1. The summed E-state index contributed by atoms with van der Waals surface area (Å²) < 4.78 is 35.8. The summed E-state index contributed by atoms with van der Waals surface area (Å²) in [5, 5.41) is 4.65. The molecule has 4 aromatic rings. The predicted molar refractivity (Wildman–Crippen MR) is 209 cm³/mol. The van der Waals surface area contributed by atoms with E-state index in [1.54, 1.807) is 40.1 Å². The molecule has 6 rings (SSSR count). The van der Waals surface area contributed by atoms with E-state index in [9.17, 15) is 18.0 Å². The minimum atomic E-state index is -4.20. The van der Waals surface area contributed by atoms with Gasteiger partial charge in [-0.2, -0.15) is 9.41 Å². The van der Waals surface area contributed by atoms with Crippen LogP contribution in [0.1, 0.15) is 52.0 Å². The maximum atomic E-state index is 14.2. The number of nitrogens with zero attached hydrogens (tertiary/aromatic N) is 5. The minimum absolute atomic E-state index is 0. The van der Waals surface area contributed by atoms with Crippen LogP contribution in [0.25, 0.3) is 10.9 Å². The number of nitrogens with two attached hydrogens (primary N) is 1. The lowest BCUT2D eigenvalue weighted by molar-refractivity contribution is -0.134. The Balaban J connectivity index is 0.00000302. The van der Waals surface area contributed by atoms with Gasteiger partial charge in [-0.25, -0.2) is 13.4 Å². The van der Waals surface area contributed by atoms with Gasteiger partial charge in [-0.05, 0) is 80.6 Å². The molecule has 2 aliphatic heterocycles. The van der Waals surface area contributed by atoms with Crippen molar-refractivity contribution in [3.63, 3.8) is 0 Å². The number of aryl methyl sites for hydroxylation is 2. The topological polar surface area (TPSA) is 138 Å². The van der Waals surface area contributed by atoms with Crippen molar-refractivity contribution in [2.75, 3.05) is 32.7 Å². The molecule has 1 aromatic heterocycles. The summed E-state index contributed by atoms with van der Waals surface area (Å²) in [6, 6.07) is 16.6. The molecule has 0 radical (unpaired) electrons. The highest BCUT2D eigenvalue weighted by Gasteiger charge is 2.42. The molecule has 52 heavy (non-hydrogen) atoms. The number of halogens is 4. The summed E-state index contributed by atoms with van der Waals surface area (Å²) in [6.45, 7) is 5.49. The summed E-state index contributed by atoms with van der Waals surface area (Å²) in [6.07, 6.45) is 2.96. The Labute approximate surface area is 326 Å². The van der Waals surface area contributed by atoms with Gasteiger partial charge in [0.25, 0.3) is 5.91 Å². The highest BCUT2D eigenvalue weighted by molar-refractivity contribution is 7.89. The number of pyridine rings is 1. The van der Waals surface area contributed by atoms with Crippen molar-refractivity contribution < 1.29 is 22.7 Å². The maximum Gasteiger partial charge on any atom is 0.253 e. The first-order valence-electron chi connectivity index (χ1n) is 16.4. The molecule has 2 fully saturated rings.